The second-order valence-corrected chi connectivity index (χ2v) is 13.8. The fraction of sp³-hybridized carbons (Fsp3) is 0.351. The molecule has 3 aromatic carbocycles. The van der Waals surface area contributed by atoms with E-state index in [0.717, 1.165) is 33.4 Å². The first-order valence-corrected chi connectivity index (χ1v) is 15.9. The van der Waals surface area contributed by atoms with Gasteiger partial charge >= 0.3 is 0 Å². The summed E-state index contributed by atoms with van der Waals surface area (Å²) in [6.07, 6.45) is 5.75. The van der Waals surface area contributed by atoms with Crippen molar-refractivity contribution in [3.8, 4) is 17.2 Å². The molecule has 7 heteroatoms. The Morgan fingerprint density at radius 2 is 1.77 bits per heavy atom. The summed E-state index contributed by atoms with van der Waals surface area (Å²) in [5.41, 5.74) is 5.28. The fourth-order valence-corrected chi connectivity index (χ4v) is 6.40. The van der Waals surface area contributed by atoms with Crippen molar-refractivity contribution in [2.75, 3.05) is 13.7 Å². The lowest BCUT2D eigenvalue weighted by Gasteiger charge is -2.24. The topological polar surface area (TPSA) is 77.8 Å². The number of Topliss-reactive ketones (excluding diaryl/α,β-unsaturated/α-hetero) is 1. The molecule has 0 spiro atoms. The van der Waals surface area contributed by atoms with Crippen LogP contribution >= 0.6 is 11.3 Å². The van der Waals surface area contributed by atoms with Crippen molar-refractivity contribution in [1.82, 2.24) is 4.57 Å². The number of thiazole rings is 1. The van der Waals surface area contributed by atoms with E-state index < -0.39 is 0 Å². The summed E-state index contributed by atoms with van der Waals surface area (Å²) in [7, 11) is 1.62. The Bertz CT molecular complexity index is 1900. The zero-order valence-corrected chi connectivity index (χ0v) is 27.4. The van der Waals surface area contributed by atoms with Crippen LogP contribution in [0.4, 0.5) is 0 Å². The number of hydrogen-bond acceptors (Lipinski definition) is 6. The van der Waals surface area contributed by atoms with Gasteiger partial charge in [-0.1, -0.05) is 57.2 Å². The van der Waals surface area contributed by atoms with E-state index in [1.165, 1.54) is 24.2 Å². The number of hydrogen-bond donors (Lipinski definition) is 1. The first-order chi connectivity index (χ1) is 20.9. The number of benzene rings is 3. The number of carbonyl (C=O) groups is 1. The number of rotatable bonds is 9. The average Bonchev–Trinajstić information content (AvgIpc) is 3.77. The average molecular weight is 612 g/mol. The summed E-state index contributed by atoms with van der Waals surface area (Å²) in [5.74, 6) is 1.96. The summed E-state index contributed by atoms with van der Waals surface area (Å²) in [5, 5.41) is 11.2. The molecule has 1 aliphatic carbocycles. The lowest BCUT2D eigenvalue weighted by atomic mass is 9.82. The van der Waals surface area contributed by atoms with Crippen molar-refractivity contribution >= 4 is 29.3 Å². The molecule has 0 aliphatic heterocycles. The molecule has 44 heavy (non-hydrogen) atoms. The Balaban J connectivity index is 1.65. The smallest absolute Gasteiger partial charge is 0.269 e. The molecule has 0 amide bonds. The summed E-state index contributed by atoms with van der Waals surface area (Å²) < 4.78 is 14.3. The van der Waals surface area contributed by atoms with Gasteiger partial charge in [0.25, 0.3) is 5.56 Å². The van der Waals surface area contributed by atoms with Gasteiger partial charge < -0.3 is 14.6 Å². The van der Waals surface area contributed by atoms with Gasteiger partial charge in [0.1, 0.15) is 10.4 Å². The zero-order valence-electron chi connectivity index (χ0n) is 26.6. The van der Waals surface area contributed by atoms with E-state index in [-0.39, 0.29) is 29.1 Å². The number of phenols is 1. The second kappa shape index (κ2) is 12.5. The van der Waals surface area contributed by atoms with E-state index in [9.17, 15) is 14.7 Å². The normalized spacial score (nSPS) is 14.2. The van der Waals surface area contributed by atoms with E-state index in [1.54, 1.807) is 23.8 Å². The van der Waals surface area contributed by atoms with E-state index in [0.29, 0.717) is 38.8 Å². The summed E-state index contributed by atoms with van der Waals surface area (Å²) >= 11 is 1.28. The first kappa shape index (κ1) is 31.3. The van der Waals surface area contributed by atoms with Crippen molar-refractivity contribution in [3.05, 3.63) is 107 Å². The van der Waals surface area contributed by atoms with Crippen LogP contribution in [0.5, 0.6) is 17.2 Å². The number of phenolic OH excluding ortho intramolecular Hbond substituents is 1. The molecule has 4 aromatic rings. The molecule has 0 atom stereocenters. The van der Waals surface area contributed by atoms with E-state index >= 15 is 0 Å². The predicted octanol–water partition coefficient (Wildman–Crippen LogP) is 6.18. The highest BCUT2D eigenvalue weighted by atomic mass is 32.1. The SMILES string of the molecule is COc1ccc(/C=c2/s/c(=C/C(=O)c3ccccc3C)n(Cc3c(C)cc(C(C)(C)C)c(O)c3C)c2=O)cc1OCC1CC1. The van der Waals surface area contributed by atoms with E-state index in [1.807, 2.05) is 69.3 Å². The summed E-state index contributed by atoms with van der Waals surface area (Å²) in [6.45, 7) is 12.9. The van der Waals surface area contributed by atoms with Crippen LogP contribution in [-0.2, 0) is 12.0 Å². The standard InChI is InChI=1S/C37H41NO5S/c1-22-10-8-9-11-27(22)30(39)19-34-38(20-28-23(2)16-29(37(4,5)6)35(40)24(28)3)36(41)33(44-34)18-26-14-15-31(42-7)32(17-26)43-21-25-12-13-25/h8-11,14-19,25,40H,12-13,20-21H2,1-7H3/b33-18+,34-19+. The van der Waals surface area contributed by atoms with Crippen LogP contribution in [-0.4, -0.2) is 29.2 Å². The van der Waals surface area contributed by atoms with Crippen LogP contribution in [0.3, 0.4) is 0 Å². The number of ketones is 1. The molecular formula is C37H41NO5S. The van der Waals surface area contributed by atoms with Crippen LogP contribution in [0.25, 0.3) is 12.2 Å². The number of methoxy groups -OCH3 is 1. The van der Waals surface area contributed by atoms with Gasteiger partial charge in [-0.3, -0.25) is 14.2 Å². The maximum Gasteiger partial charge on any atom is 0.269 e. The minimum atomic E-state index is -0.238. The molecule has 1 heterocycles. The first-order valence-electron chi connectivity index (χ1n) is 15.0. The largest absolute Gasteiger partial charge is 0.507 e. The number of aromatic hydroxyl groups is 1. The van der Waals surface area contributed by atoms with Gasteiger partial charge in [0.15, 0.2) is 17.3 Å². The Morgan fingerprint density at radius 1 is 1.05 bits per heavy atom. The number of aryl methyl sites for hydroxylation is 2. The molecule has 0 saturated heterocycles. The third-order valence-corrected chi connectivity index (χ3v) is 9.34. The molecule has 1 fully saturated rings. The number of ether oxygens (including phenoxy) is 2. The number of carbonyl (C=O) groups excluding carboxylic acids is 1. The van der Waals surface area contributed by atoms with Gasteiger partial charge in [0, 0.05) is 11.6 Å². The number of aromatic nitrogens is 1. The summed E-state index contributed by atoms with van der Waals surface area (Å²) in [6, 6.07) is 15.1. The van der Waals surface area contributed by atoms with Gasteiger partial charge in [-0.2, -0.15) is 0 Å². The van der Waals surface area contributed by atoms with Crippen molar-refractivity contribution in [2.24, 2.45) is 5.92 Å². The Kier molecular flexibility index (Phi) is 8.89. The molecule has 0 bridgehead atoms. The summed E-state index contributed by atoms with van der Waals surface area (Å²) in [4.78, 5) is 27.5. The maximum atomic E-state index is 14.0. The minimum Gasteiger partial charge on any atom is -0.507 e. The van der Waals surface area contributed by atoms with Crippen LogP contribution in [0.15, 0.2) is 53.3 Å². The minimum absolute atomic E-state index is 0.163. The maximum absolute atomic E-state index is 14.0. The van der Waals surface area contributed by atoms with Crippen LogP contribution < -0.4 is 24.2 Å². The molecule has 6 nitrogen and oxygen atoms in total. The molecule has 230 valence electrons. The van der Waals surface area contributed by atoms with Crippen molar-refractivity contribution in [3.63, 3.8) is 0 Å². The molecule has 0 unspecified atom stereocenters. The monoisotopic (exact) mass is 611 g/mol. The Hall–Kier alpha value is -4.10. The molecule has 1 aliphatic rings. The van der Waals surface area contributed by atoms with Gasteiger partial charge in [0.2, 0.25) is 0 Å². The lowest BCUT2D eigenvalue weighted by Crippen LogP contribution is -2.32. The third kappa shape index (κ3) is 6.68. The van der Waals surface area contributed by atoms with Crippen molar-refractivity contribution in [1.29, 1.82) is 0 Å². The highest BCUT2D eigenvalue weighted by Crippen LogP contribution is 2.37. The molecule has 1 N–H and O–H groups in total. The van der Waals surface area contributed by atoms with Crippen LogP contribution in [0.2, 0.25) is 0 Å². The fourth-order valence-electron chi connectivity index (χ4n) is 5.36. The van der Waals surface area contributed by atoms with Crippen molar-refractivity contribution in [2.45, 2.75) is 66.3 Å². The van der Waals surface area contributed by atoms with Gasteiger partial charge in [-0.25, -0.2) is 0 Å². The number of nitrogens with zero attached hydrogens (tertiary/aromatic N) is 1. The lowest BCUT2D eigenvalue weighted by molar-refractivity contribution is 0.106. The Morgan fingerprint density at radius 3 is 2.43 bits per heavy atom. The van der Waals surface area contributed by atoms with Gasteiger partial charge in [-0.05, 0) is 96.5 Å². The highest BCUT2D eigenvalue weighted by molar-refractivity contribution is 7.07. The third-order valence-electron chi connectivity index (χ3n) is 8.28. The van der Waals surface area contributed by atoms with Crippen molar-refractivity contribution < 1.29 is 19.4 Å². The molecule has 1 aromatic heterocycles. The predicted molar refractivity (Wildman–Crippen MR) is 178 cm³/mol. The van der Waals surface area contributed by atoms with Gasteiger partial charge in [-0.15, -0.1) is 11.3 Å². The molecule has 5 rings (SSSR count). The molecular weight excluding hydrogens is 570 g/mol. The Labute approximate surface area is 262 Å². The second-order valence-electron chi connectivity index (χ2n) is 12.8. The van der Waals surface area contributed by atoms with E-state index in [4.69, 9.17) is 9.47 Å². The van der Waals surface area contributed by atoms with E-state index in [2.05, 4.69) is 20.8 Å². The molecule has 1 saturated carbocycles. The molecule has 0 radical (unpaired) electrons. The highest BCUT2D eigenvalue weighted by Gasteiger charge is 2.24. The van der Waals surface area contributed by atoms with Crippen LogP contribution in [0, 0.1) is 26.7 Å². The van der Waals surface area contributed by atoms with Gasteiger partial charge in [0.05, 0.1) is 24.8 Å². The zero-order chi connectivity index (χ0) is 31.8. The quantitative estimate of drug-likeness (QED) is 0.229. The van der Waals surface area contributed by atoms with Crippen LogP contribution in [0.1, 0.15) is 77.4 Å².